The number of hydrogen-bond acceptors (Lipinski definition) is 7. The molecule has 4 heterocycles. The molecule has 0 atom stereocenters. The van der Waals surface area contributed by atoms with Gasteiger partial charge in [0.05, 0.1) is 28.0 Å². The third-order valence-electron chi connectivity index (χ3n) is 5.06. The third-order valence-corrected chi connectivity index (χ3v) is 5.93. The average molecular weight is 407 g/mol. The lowest BCUT2D eigenvalue weighted by Crippen LogP contribution is -2.48. The molecular formula is C20H17N5O3S. The highest BCUT2D eigenvalue weighted by molar-refractivity contribution is 7.13. The summed E-state index contributed by atoms with van der Waals surface area (Å²) in [5.74, 6) is 1.21. The van der Waals surface area contributed by atoms with Gasteiger partial charge in [-0.05, 0) is 23.6 Å². The van der Waals surface area contributed by atoms with Crippen molar-refractivity contribution in [2.24, 2.45) is 0 Å². The summed E-state index contributed by atoms with van der Waals surface area (Å²) in [5.41, 5.74) is 0.531. The van der Waals surface area contributed by atoms with Crippen LogP contribution in [0.15, 0.2) is 57.4 Å². The number of para-hydroxylation sites is 1. The minimum absolute atomic E-state index is 0.000644. The van der Waals surface area contributed by atoms with Crippen LogP contribution in [0, 0.1) is 0 Å². The van der Waals surface area contributed by atoms with Gasteiger partial charge in [0.15, 0.2) is 0 Å². The minimum atomic E-state index is -0.128. The van der Waals surface area contributed by atoms with Gasteiger partial charge in [-0.25, -0.2) is 4.98 Å². The molecule has 0 N–H and O–H groups in total. The van der Waals surface area contributed by atoms with Crippen LogP contribution < -0.4 is 5.56 Å². The van der Waals surface area contributed by atoms with Crippen molar-refractivity contribution in [2.45, 2.75) is 18.9 Å². The Hall–Kier alpha value is -3.33. The van der Waals surface area contributed by atoms with E-state index < -0.39 is 0 Å². The van der Waals surface area contributed by atoms with Crippen molar-refractivity contribution >= 4 is 28.1 Å². The van der Waals surface area contributed by atoms with E-state index in [1.54, 1.807) is 28.4 Å². The predicted octanol–water partition coefficient (Wildman–Crippen LogP) is 2.52. The van der Waals surface area contributed by atoms with Crippen molar-refractivity contribution < 1.29 is 9.32 Å². The van der Waals surface area contributed by atoms with Crippen LogP contribution in [-0.4, -0.2) is 43.6 Å². The van der Waals surface area contributed by atoms with Crippen LogP contribution in [-0.2, 0) is 11.3 Å². The molecule has 8 nitrogen and oxygen atoms in total. The van der Waals surface area contributed by atoms with Crippen LogP contribution in [0.25, 0.3) is 21.6 Å². The van der Waals surface area contributed by atoms with Gasteiger partial charge in [0.25, 0.3) is 5.56 Å². The number of likely N-dealkylation sites (tertiary alicyclic amines) is 1. The monoisotopic (exact) mass is 407 g/mol. The number of nitrogens with zero attached hydrogens (tertiary/aromatic N) is 5. The van der Waals surface area contributed by atoms with E-state index >= 15 is 0 Å². The van der Waals surface area contributed by atoms with Crippen molar-refractivity contribution in [3.63, 3.8) is 0 Å². The molecule has 9 heteroatoms. The number of hydrogen-bond donors (Lipinski definition) is 0. The van der Waals surface area contributed by atoms with E-state index in [1.165, 1.54) is 10.9 Å². The van der Waals surface area contributed by atoms with Crippen molar-refractivity contribution in [3.8, 4) is 10.7 Å². The zero-order valence-corrected chi connectivity index (χ0v) is 16.2. The van der Waals surface area contributed by atoms with E-state index in [0.717, 1.165) is 4.88 Å². The number of rotatable bonds is 5. The molecule has 0 radical (unpaired) electrons. The van der Waals surface area contributed by atoms with Gasteiger partial charge in [0, 0.05) is 26.1 Å². The normalized spacial score (nSPS) is 14.3. The Morgan fingerprint density at radius 3 is 2.90 bits per heavy atom. The van der Waals surface area contributed by atoms with Gasteiger partial charge in [0.2, 0.25) is 17.6 Å². The summed E-state index contributed by atoms with van der Waals surface area (Å²) in [6.07, 6.45) is 1.75. The second-order valence-corrected chi connectivity index (χ2v) is 7.89. The number of carbonyl (C=O) groups is 1. The van der Waals surface area contributed by atoms with Crippen molar-refractivity contribution in [1.82, 2.24) is 24.6 Å². The fraction of sp³-hybridized carbons (Fsp3) is 0.250. The lowest BCUT2D eigenvalue weighted by Gasteiger charge is -2.37. The van der Waals surface area contributed by atoms with Crippen LogP contribution in [0.5, 0.6) is 0 Å². The summed E-state index contributed by atoms with van der Waals surface area (Å²) >= 11 is 1.56. The molecule has 4 aromatic rings. The number of aryl methyl sites for hydroxylation is 1. The number of benzene rings is 1. The van der Waals surface area contributed by atoms with Gasteiger partial charge in [0.1, 0.15) is 0 Å². The van der Waals surface area contributed by atoms with Gasteiger partial charge in [-0.3, -0.25) is 14.2 Å². The smallest absolute Gasteiger partial charge is 0.261 e. The van der Waals surface area contributed by atoms with E-state index in [9.17, 15) is 9.59 Å². The summed E-state index contributed by atoms with van der Waals surface area (Å²) < 4.78 is 6.85. The standard InChI is InChI=1S/C20H17N5O3S/c26-17(7-8-24-12-21-15-5-2-1-4-14(15)20(24)27)25-10-13(11-25)19-22-18(23-28-19)16-6-3-9-29-16/h1-6,9,12-13H,7-8,10-11H2. The summed E-state index contributed by atoms with van der Waals surface area (Å²) in [7, 11) is 0. The molecule has 1 aliphatic heterocycles. The Bertz CT molecular complexity index is 1220. The number of carbonyl (C=O) groups excluding carboxylic acids is 1. The molecule has 1 fully saturated rings. The summed E-state index contributed by atoms with van der Waals surface area (Å²) in [6.45, 7) is 1.41. The quantitative estimate of drug-likeness (QED) is 0.505. The van der Waals surface area contributed by atoms with Gasteiger partial charge in [-0.1, -0.05) is 23.4 Å². The Balaban J connectivity index is 1.18. The number of thiophene rings is 1. The second kappa shape index (κ2) is 7.25. The fourth-order valence-corrected chi connectivity index (χ4v) is 4.03. The minimum Gasteiger partial charge on any atom is -0.341 e. The Kier molecular flexibility index (Phi) is 4.44. The molecule has 0 bridgehead atoms. The topological polar surface area (TPSA) is 94.1 Å². The zero-order chi connectivity index (χ0) is 19.8. The highest BCUT2D eigenvalue weighted by atomic mass is 32.1. The maximum Gasteiger partial charge on any atom is 0.261 e. The second-order valence-electron chi connectivity index (χ2n) is 6.94. The predicted molar refractivity (Wildman–Crippen MR) is 108 cm³/mol. The third kappa shape index (κ3) is 3.33. The first-order chi connectivity index (χ1) is 14.2. The summed E-state index contributed by atoms with van der Waals surface area (Å²) in [6, 6.07) is 11.1. The molecular weight excluding hydrogens is 390 g/mol. The van der Waals surface area contributed by atoms with Crippen LogP contribution in [0.4, 0.5) is 0 Å². The SMILES string of the molecule is O=C(CCn1cnc2ccccc2c1=O)N1CC(c2nc(-c3cccs3)no2)C1. The Morgan fingerprint density at radius 2 is 2.07 bits per heavy atom. The molecule has 146 valence electrons. The van der Waals surface area contributed by atoms with Crippen LogP contribution >= 0.6 is 11.3 Å². The maximum absolute atomic E-state index is 12.5. The lowest BCUT2D eigenvalue weighted by atomic mass is 9.99. The van der Waals surface area contributed by atoms with Gasteiger partial charge in [-0.2, -0.15) is 4.98 Å². The van der Waals surface area contributed by atoms with Crippen molar-refractivity contribution in [2.75, 3.05) is 13.1 Å². The van der Waals surface area contributed by atoms with E-state index in [-0.39, 0.29) is 23.8 Å². The largest absolute Gasteiger partial charge is 0.341 e. The maximum atomic E-state index is 12.5. The summed E-state index contributed by atoms with van der Waals surface area (Å²) in [5, 5.41) is 6.54. The molecule has 0 spiro atoms. The highest BCUT2D eigenvalue weighted by Crippen LogP contribution is 2.29. The first-order valence-electron chi connectivity index (χ1n) is 9.28. The number of amides is 1. The highest BCUT2D eigenvalue weighted by Gasteiger charge is 2.35. The lowest BCUT2D eigenvalue weighted by molar-refractivity contribution is -0.136. The van der Waals surface area contributed by atoms with Crippen LogP contribution in [0.1, 0.15) is 18.2 Å². The Morgan fingerprint density at radius 1 is 1.21 bits per heavy atom. The van der Waals surface area contributed by atoms with Gasteiger partial charge >= 0.3 is 0 Å². The number of fused-ring (bicyclic) bond motifs is 1. The number of aromatic nitrogens is 4. The van der Waals surface area contributed by atoms with E-state index in [0.29, 0.717) is 42.3 Å². The molecule has 0 aliphatic carbocycles. The van der Waals surface area contributed by atoms with Crippen molar-refractivity contribution in [3.05, 3.63) is 64.4 Å². The molecule has 1 aliphatic rings. The van der Waals surface area contributed by atoms with E-state index in [2.05, 4.69) is 15.1 Å². The molecule has 3 aromatic heterocycles. The van der Waals surface area contributed by atoms with E-state index in [1.807, 2.05) is 29.6 Å². The molecule has 1 saturated heterocycles. The van der Waals surface area contributed by atoms with E-state index in [4.69, 9.17) is 4.52 Å². The Labute approximate surface area is 169 Å². The molecule has 1 amide bonds. The summed E-state index contributed by atoms with van der Waals surface area (Å²) in [4.78, 5) is 36.4. The van der Waals surface area contributed by atoms with Crippen LogP contribution in [0.2, 0.25) is 0 Å². The average Bonchev–Trinajstić information content (AvgIpc) is 3.38. The molecule has 5 rings (SSSR count). The molecule has 0 unspecified atom stereocenters. The molecule has 1 aromatic carbocycles. The van der Waals surface area contributed by atoms with Gasteiger partial charge in [-0.15, -0.1) is 11.3 Å². The molecule has 29 heavy (non-hydrogen) atoms. The zero-order valence-electron chi connectivity index (χ0n) is 15.4. The fourth-order valence-electron chi connectivity index (χ4n) is 3.38. The molecule has 0 saturated carbocycles. The van der Waals surface area contributed by atoms with Gasteiger partial charge < -0.3 is 9.42 Å². The van der Waals surface area contributed by atoms with Crippen LogP contribution in [0.3, 0.4) is 0 Å². The first-order valence-corrected chi connectivity index (χ1v) is 10.2. The van der Waals surface area contributed by atoms with Crippen molar-refractivity contribution in [1.29, 1.82) is 0 Å². The first kappa shape index (κ1) is 17.7.